The lowest BCUT2D eigenvalue weighted by atomic mass is 9.79. The number of carbonyl (C=O) groups is 1. The van der Waals surface area contributed by atoms with Gasteiger partial charge in [0.1, 0.15) is 0 Å². The van der Waals surface area contributed by atoms with E-state index in [9.17, 15) is 21.6 Å². The molecule has 12 heteroatoms. The van der Waals surface area contributed by atoms with Crippen molar-refractivity contribution < 1.29 is 31.5 Å². The van der Waals surface area contributed by atoms with E-state index in [2.05, 4.69) is 14.9 Å². The summed E-state index contributed by atoms with van der Waals surface area (Å²) in [5.74, 6) is -2.00. The van der Waals surface area contributed by atoms with Crippen molar-refractivity contribution in [3.63, 3.8) is 0 Å². The third-order valence-electron chi connectivity index (χ3n) is 5.05. The summed E-state index contributed by atoms with van der Waals surface area (Å²) in [5.41, 5.74) is 1.17. The Labute approximate surface area is 160 Å². The molecule has 3 aliphatic rings. The molecule has 0 bridgehead atoms. The molecule has 1 aromatic heterocycles. The topological polar surface area (TPSA) is 104 Å². The first-order valence-corrected chi connectivity index (χ1v) is 10.3. The zero-order valence-electron chi connectivity index (χ0n) is 15.2. The molecule has 0 amide bonds. The zero-order chi connectivity index (χ0) is 20.7. The van der Waals surface area contributed by atoms with E-state index >= 15 is 0 Å². The summed E-state index contributed by atoms with van der Waals surface area (Å²) >= 11 is 0. The van der Waals surface area contributed by atoms with Crippen molar-refractivity contribution >= 4 is 21.9 Å². The molecule has 3 heterocycles. The number of carboxylic acid groups (broad SMARTS) is 1. The Morgan fingerprint density at radius 2 is 1.75 bits per heavy atom. The standard InChI is InChI=1S/C14H20N4O2S.C2HF3O2/c1-11-6-15-13(16-7-11)17-8-14(9-17)4-5-18(10-14)21(19,20)12-2-3-12;3-2(4,5)1(6)7/h6-7,12H,2-5,8-10H2,1H3;(H,6,7). The molecule has 28 heavy (non-hydrogen) atoms. The van der Waals surface area contributed by atoms with E-state index in [-0.39, 0.29) is 10.7 Å². The van der Waals surface area contributed by atoms with Gasteiger partial charge >= 0.3 is 12.1 Å². The third kappa shape index (κ3) is 4.37. The molecule has 1 aliphatic carbocycles. The van der Waals surface area contributed by atoms with Crippen LogP contribution in [0, 0.1) is 12.3 Å². The number of sulfonamides is 1. The summed E-state index contributed by atoms with van der Waals surface area (Å²) in [6.07, 6.45) is 1.21. The summed E-state index contributed by atoms with van der Waals surface area (Å²) in [4.78, 5) is 19.7. The number of nitrogens with zero attached hydrogens (tertiary/aromatic N) is 4. The first-order chi connectivity index (χ1) is 12.9. The van der Waals surface area contributed by atoms with E-state index in [0.29, 0.717) is 13.1 Å². The van der Waals surface area contributed by atoms with Crippen LogP contribution in [-0.2, 0) is 14.8 Å². The van der Waals surface area contributed by atoms with E-state index < -0.39 is 22.2 Å². The van der Waals surface area contributed by atoms with Crippen molar-refractivity contribution in [1.82, 2.24) is 14.3 Å². The highest BCUT2D eigenvalue weighted by molar-refractivity contribution is 7.90. The molecular formula is C16H21F3N4O4S. The Kier molecular flexibility index (Phi) is 5.30. The van der Waals surface area contributed by atoms with Crippen molar-refractivity contribution in [2.45, 2.75) is 37.6 Å². The monoisotopic (exact) mass is 422 g/mol. The summed E-state index contributed by atoms with van der Waals surface area (Å²) in [6.45, 7) is 5.06. The molecule has 2 aliphatic heterocycles. The second-order valence-electron chi connectivity index (χ2n) is 7.55. The van der Waals surface area contributed by atoms with E-state index in [1.165, 1.54) is 0 Å². The van der Waals surface area contributed by atoms with Gasteiger partial charge in [-0.15, -0.1) is 0 Å². The number of rotatable bonds is 3. The van der Waals surface area contributed by atoms with Gasteiger partial charge in [0.25, 0.3) is 0 Å². The van der Waals surface area contributed by atoms with E-state index in [1.807, 2.05) is 19.3 Å². The number of aromatic nitrogens is 2. The Hall–Kier alpha value is -1.95. The fourth-order valence-corrected chi connectivity index (χ4v) is 5.35. The Balaban J connectivity index is 0.000000279. The van der Waals surface area contributed by atoms with Crippen molar-refractivity contribution in [2.75, 3.05) is 31.1 Å². The van der Waals surface area contributed by atoms with Crippen LogP contribution in [0.5, 0.6) is 0 Å². The number of aryl methyl sites for hydroxylation is 1. The number of halogens is 3. The van der Waals surface area contributed by atoms with Crippen LogP contribution in [0.1, 0.15) is 24.8 Å². The molecule has 0 unspecified atom stereocenters. The van der Waals surface area contributed by atoms with Gasteiger partial charge in [-0.3, -0.25) is 0 Å². The Morgan fingerprint density at radius 1 is 1.21 bits per heavy atom. The van der Waals surface area contributed by atoms with Crippen LogP contribution in [-0.4, -0.2) is 71.4 Å². The fourth-order valence-electron chi connectivity index (χ4n) is 3.40. The van der Waals surface area contributed by atoms with Crippen LogP contribution < -0.4 is 4.90 Å². The number of hydrogen-bond donors (Lipinski definition) is 1. The minimum absolute atomic E-state index is 0.0933. The minimum Gasteiger partial charge on any atom is -0.475 e. The van der Waals surface area contributed by atoms with Crippen molar-refractivity contribution in [3.8, 4) is 0 Å². The summed E-state index contributed by atoms with van der Waals surface area (Å²) in [7, 11) is -3.02. The molecular weight excluding hydrogens is 401 g/mol. The lowest BCUT2D eigenvalue weighted by Crippen LogP contribution is -2.58. The number of aliphatic carboxylic acids is 1. The van der Waals surface area contributed by atoms with Crippen LogP contribution in [0.15, 0.2) is 12.4 Å². The van der Waals surface area contributed by atoms with Gasteiger partial charge in [0.2, 0.25) is 16.0 Å². The number of carboxylic acids is 1. The Bertz CT molecular complexity index is 834. The average molecular weight is 422 g/mol. The number of anilines is 1. The lowest BCUT2D eigenvalue weighted by Gasteiger charge is -2.48. The maximum absolute atomic E-state index is 12.3. The first-order valence-electron chi connectivity index (χ1n) is 8.76. The molecule has 0 atom stereocenters. The summed E-state index contributed by atoms with van der Waals surface area (Å²) in [6, 6.07) is 0. The highest BCUT2D eigenvalue weighted by atomic mass is 32.2. The molecule has 4 rings (SSSR count). The van der Waals surface area contributed by atoms with Crippen LogP contribution in [0.2, 0.25) is 0 Å². The molecule has 0 aromatic carbocycles. The molecule has 2 saturated heterocycles. The maximum atomic E-state index is 12.3. The molecule has 1 spiro atoms. The largest absolute Gasteiger partial charge is 0.490 e. The van der Waals surface area contributed by atoms with Gasteiger partial charge in [-0.25, -0.2) is 27.5 Å². The predicted molar refractivity (Wildman–Crippen MR) is 93.2 cm³/mol. The SMILES string of the molecule is Cc1cnc(N2CC3(CCN(S(=O)(=O)C4CC4)C3)C2)nc1.O=C(O)C(F)(F)F. The second kappa shape index (κ2) is 7.14. The molecule has 8 nitrogen and oxygen atoms in total. The van der Waals surface area contributed by atoms with Gasteiger partial charge in [0.15, 0.2) is 0 Å². The van der Waals surface area contributed by atoms with Crippen molar-refractivity contribution in [2.24, 2.45) is 5.41 Å². The van der Waals surface area contributed by atoms with Crippen LogP contribution in [0.25, 0.3) is 0 Å². The first kappa shape index (κ1) is 20.8. The van der Waals surface area contributed by atoms with Crippen molar-refractivity contribution in [1.29, 1.82) is 0 Å². The maximum Gasteiger partial charge on any atom is 0.490 e. The van der Waals surface area contributed by atoms with Gasteiger partial charge in [-0.05, 0) is 31.7 Å². The highest BCUT2D eigenvalue weighted by Gasteiger charge is 2.53. The molecule has 1 N–H and O–H groups in total. The highest BCUT2D eigenvalue weighted by Crippen LogP contribution is 2.43. The van der Waals surface area contributed by atoms with Gasteiger partial charge in [0.05, 0.1) is 5.25 Å². The second-order valence-corrected chi connectivity index (χ2v) is 9.76. The Morgan fingerprint density at radius 3 is 2.21 bits per heavy atom. The normalized spacial score (nSPS) is 21.8. The zero-order valence-corrected chi connectivity index (χ0v) is 16.0. The molecule has 156 valence electrons. The summed E-state index contributed by atoms with van der Waals surface area (Å²) < 4.78 is 58.1. The summed E-state index contributed by atoms with van der Waals surface area (Å²) in [5, 5.41) is 7.03. The molecule has 3 fully saturated rings. The van der Waals surface area contributed by atoms with Gasteiger partial charge in [0, 0.05) is 44.0 Å². The fraction of sp³-hybridized carbons (Fsp3) is 0.688. The van der Waals surface area contributed by atoms with Crippen LogP contribution in [0.4, 0.5) is 19.1 Å². The number of hydrogen-bond acceptors (Lipinski definition) is 6. The van der Waals surface area contributed by atoms with Crippen LogP contribution >= 0.6 is 0 Å². The molecule has 1 aromatic rings. The van der Waals surface area contributed by atoms with E-state index in [0.717, 1.165) is 43.9 Å². The van der Waals surface area contributed by atoms with Crippen molar-refractivity contribution in [3.05, 3.63) is 18.0 Å². The lowest BCUT2D eigenvalue weighted by molar-refractivity contribution is -0.192. The third-order valence-corrected chi connectivity index (χ3v) is 7.40. The molecule has 0 radical (unpaired) electrons. The quantitative estimate of drug-likeness (QED) is 0.786. The van der Waals surface area contributed by atoms with Gasteiger partial charge < -0.3 is 10.0 Å². The smallest absolute Gasteiger partial charge is 0.475 e. The number of alkyl halides is 3. The predicted octanol–water partition coefficient (Wildman–Crippen LogP) is 1.42. The molecule has 1 saturated carbocycles. The van der Waals surface area contributed by atoms with Crippen LogP contribution in [0.3, 0.4) is 0 Å². The minimum atomic E-state index is -5.08. The van der Waals surface area contributed by atoms with E-state index in [4.69, 9.17) is 9.90 Å². The van der Waals surface area contributed by atoms with E-state index in [1.54, 1.807) is 4.31 Å². The van der Waals surface area contributed by atoms with Gasteiger partial charge in [-0.1, -0.05) is 0 Å². The average Bonchev–Trinajstić information content (AvgIpc) is 3.33. The van der Waals surface area contributed by atoms with Gasteiger partial charge in [-0.2, -0.15) is 13.2 Å².